The summed E-state index contributed by atoms with van der Waals surface area (Å²) >= 11 is 14.0. The number of nitrogens with zero attached hydrogens (tertiary/aromatic N) is 1. The van der Waals surface area contributed by atoms with Crippen molar-refractivity contribution in [2.75, 3.05) is 18.2 Å². The van der Waals surface area contributed by atoms with Gasteiger partial charge in [0, 0.05) is 11.4 Å². The zero-order chi connectivity index (χ0) is 24.4. The van der Waals surface area contributed by atoms with Crippen LogP contribution in [0.2, 0.25) is 10.0 Å². The van der Waals surface area contributed by atoms with Gasteiger partial charge < -0.3 is 20.1 Å². The van der Waals surface area contributed by atoms with Gasteiger partial charge in [0.15, 0.2) is 11.5 Å². The van der Waals surface area contributed by atoms with Gasteiger partial charge in [-0.25, -0.2) is 4.39 Å². The van der Waals surface area contributed by atoms with Crippen LogP contribution in [0.4, 0.5) is 10.1 Å². The molecule has 1 fully saturated rings. The number of hydrogen-bond acceptors (Lipinski definition) is 5. The number of nitrogens with one attached hydrogen (secondary N) is 1. The lowest BCUT2D eigenvalue weighted by atomic mass is 10.1. The standard InChI is InChI=1S/C24H19Cl2FN2O4S/c1-33-20-10-5-13(11-19(20)30)24-29(23(32)21-16(25)3-2-4-17(21)26)18(12-34-24)22(31)28-15-8-6-14(27)7-9-15/h2-11,18,24,30H,12H2,1H3,(H,28,31). The average molecular weight is 521 g/mol. The topological polar surface area (TPSA) is 78.9 Å². The lowest BCUT2D eigenvalue weighted by Gasteiger charge is -2.30. The van der Waals surface area contributed by atoms with E-state index in [0.29, 0.717) is 11.3 Å². The monoisotopic (exact) mass is 520 g/mol. The highest BCUT2D eigenvalue weighted by Crippen LogP contribution is 2.45. The molecule has 0 radical (unpaired) electrons. The van der Waals surface area contributed by atoms with Crippen molar-refractivity contribution in [3.63, 3.8) is 0 Å². The molecule has 2 N–H and O–H groups in total. The lowest BCUT2D eigenvalue weighted by molar-refractivity contribution is -0.119. The first-order chi connectivity index (χ1) is 16.3. The van der Waals surface area contributed by atoms with E-state index in [0.717, 1.165) is 0 Å². The predicted molar refractivity (Wildman–Crippen MR) is 131 cm³/mol. The van der Waals surface area contributed by atoms with Gasteiger partial charge in [-0.15, -0.1) is 11.8 Å². The number of anilines is 1. The fourth-order valence-electron chi connectivity index (χ4n) is 3.66. The van der Waals surface area contributed by atoms with Gasteiger partial charge in [-0.3, -0.25) is 9.59 Å². The van der Waals surface area contributed by atoms with Crippen molar-refractivity contribution in [3.8, 4) is 11.5 Å². The van der Waals surface area contributed by atoms with Crippen molar-refractivity contribution in [1.82, 2.24) is 4.90 Å². The number of methoxy groups -OCH3 is 1. The van der Waals surface area contributed by atoms with Crippen LogP contribution in [0.1, 0.15) is 21.3 Å². The van der Waals surface area contributed by atoms with E-state index >= 15 is 0 Å². The van der Waals surface area contributed by atoms with E-state index in [1.165, 1.54) is 54.1 Å². The molecule has 3 aromatic carbocycles. The first-order valence-corrected chi connectivity index (χ1v) is 11.9. The molecule has 1 aliphatic rings. The maximum Gasteiger partial charge on any atom is 0.258 e. The normalized spacial score (nSPS) is 17.5. The van der Waals surface area contributed by atoms with E-state index in [1.807, 2.05) is 0 Å². The number of thioether (sulfide) groups is 1. The van der Waals surface area contributed by atoms with Crippen molar-refractivity contribution >= 4 is 52.5 Å². The molecule has 0 spiro atoms. The lowest BCUT2D eigenvalue weighted by Crippen LogP contribution is -2.45. The second-order valence-electron chi connectivity index (χ2n) is 7.44. The molecule has 1 heterocycles. The van der Waals surface area contributed by atoms with Crippen molar-refractivity contribution in [1.29, 1.82) is 0 Å². The molecule has 1 aliphatic heterocycles. The predicted octanol–water partition coefficient (Wildman–Crippen LogP) is 5.74. The number of halogens is 3. The van der Waals surface area contributed by atoms with Crippen molar-refractivity contribution in [3.05, 3.63) is 87.7 Å². The quantitative estimate of drug-likeness (QED) is 0.448. The number of carbonyl (C=O) groups is 2. The van der Waals surface area contributed by atoms with Gasteiger partial charge in [-0.1, -0.05) is 35.3 Å². The molecule has 0 aromatic heterocycles. The number of ether oxygens (including phenoxy) is 1. The van der Waals surface area contributed by atoms with E-state index in [4.69, 9.17) is 27.9 Å². The van der Waals surface area contributed by atoms with Crippen molar-refractivity contribution in [2.45, 2.75) is 11.4 Å². The van der Waals surface area contributed by atoms with Gasteiger partial charge in [-0.2, -0.15) is 0 Å². The van der Waals surface area contributed by atoms with Gasteiger partial charge >= 0.3 is 0 Å². The summed E-state index contributed by atoms with van der Waals surface area (Å²) in [6.07, 6.45) is 0. The third-order valence-corrected chi connectivity index (χ3v) is 7.27. The first kappa shape index (κ1) is 24.2. The summed E-state index contributed by atoms with van der Waals surface area (Å²) < 4.78 is 18.4. The highest BCUT2D eigenvalue weighted by molar-refractivity contribution is 7.99. The van der Waals surface area contributed by atoms with Crippen LogP contribution in [0.3, 0.4) is 0 Å². The number of carbonyl (C=O) groups excluding carboxylic acids is 2. The summed E-state index contributed by atoms with van der Waals surface area (Å²) in [6.45, 7) is 0. The van der Waals surface area contributed by atoms with E-state index in [1.54, 1.807) is 30.3 Å². The first-order valence-electron chi connectivity index (χ1n) is 10.1. The highest BCUT2D eigenvalue weighted by atomic mass is 35.5. The zero-order valence-corrected chi connectivity index (χ0v) is 20.1. The van der Waals surface area contributed by atoms with Crippen LogP contribution in [0.5, 0.6) is 11.5 Å². The Hall–Kier alpha value is -2.94. The molecule has 0 bridgehead atoms. The molecule has 1 saturated heterocycles. The molecule has 2 amide bonds. The minimum atomic E-state index is -0.885. The van der Waals surface area contributed by atoms with Crippen LogP contribution in [0, 0.1) is 5.82 Å². The minimum Gasteiger partial charge on any atom is -0.504 e. The third-order valence-electron chi connectivity index (χ3n) is 5.31. The molecular formula is C24H19Cl2FN2O4S. The fourth-order valence-corrected chi connectivity index (χ4v) is 5.64. The molecule has 0 saturated carbocycles. The van der Waals surface area contributed by atoms with E-state index < -0.39 is 29.0 Å². The van der Waals surface area contributed by atoms with E-state index in [2.05, 4.69) is 5.32 Å². The summed E-state index contributed by atoms with van der Waals surface area (Å²) in [5, 5.41) is 12.7. The molecule has 10 heteroatoms. The second-order valence-corrected chi connectivity index (χ2v) is 9.37. The Morgan fingerprint density at radius 1 is 1.12 bits per heavy atom. The summed E-state index contributed by atoms with van der Waals surface area (Å²) in [5.41, 5.74) is 1.07. The summed E-state index contributed by atoms with van der Waals surface area (Å²) in [6, 6.07) is 14.0. The van der Waals surface area contributed by atoms with Crippen LogP contribution < -0.4 is 10.1 Å². The third kappa shape index (κ3) is 4.80. The molecule has 0 aliphatic carbocycles. The number of aromatic hydroxyl groups is 1. The van der Waals surface area contributed by atoms with Crippen LogP contribution in [-0.2, 0) is 4.79 Å². The van der Waals surface area contributed by atoms with Crippen LogP contribution in [-0.4, -0.2) is 40.7 Å². The molecule has 2 unspecified atom stereocenters. The van der Waals surface area contributed by atoms with Crippen molar-refractivity contribution < 1.29 is 23.8 Å². The van der Waals surface area contributed by atoms with Crippen LogP contribution >= 0.6 is 35.0 Å². The molecule has 34 heavy (non-hydrogen) atoms. The molecule has 6 nitrogen and oxygen atoms in total. The minimum absolute atomic E-state index is 0.0793. The van der Waals surface area contributed by atoms with Gasteiger partial charge in [0.25, 0.3) is 5.91 Å². The maximum absolute atomic E-state index is 13.7. The number of benzene rings is 3. The highest BCUT2D eigenvalue weighted by Gasteiger charge is 2.43. The maximum atomic E-state index is 13.7. The Morgan fingerprint density at radius 3 is 2.41 bits per heavy atom. The smallest absolute Gasteiger partial charge is 0.258 e. The van der Waals surface area contributed by atoms with Crippen molar-refractivity contribution in [2.24, 2.45) is 0 Å². The average Bonchev–Trinajstić information content (AvgIpc) is 3.26. The number of phenols is 1. The zero-order valence-electron chi connectivity index (χ0n) is 17.8. The van der Waals surface area contributed by atoms with Gasteiger partial charge in [0.05, 0.1) is 22.7 Å². The van der Waals surface area contributed by atoms with Crippen LogP contribution in [0.15, 0.2) is 60.7 Å². The largest absolute Gasteiger partial charge is 0.504 e. The fraction of sp³-hybridized carbons (Fsp3) is 0.167. The second kappa shape index (κ2) is 10.1. The van der Waals surface area contributed by atoms with Gasteiger partial charge in [0.2, 0.25) is 5.91 Å². The molecular weight excluding hydrogens is 502 g/mol. The number of hydrogen-bond donors (Lipinski definition) is 2. The summed E-state index contributed by atoms with van der Waals surface area (Å²) in [7, 11) is 1.43. The molecule has 2 atom stereocenters. The molecule has 176 valence electrons. The summed E-state index contributed by atoms with van der Waals surface area (Å²) in [4.78, 5) is 28.3. The number of amides is 2. The Balaban J connectivity index is 1.72. The van der Waals surface area contributed by atoms with E-state index in [-0.39, 0.29) is 32.9 Å². The van der Waals surface area contributed by atoms with Gasteiger partial charge in [-0.05, 0) is 54.1 Å². The number of phenolic OH excluding ortho intramolecular Hbond substituents is 1. The number of rotatable bonds is 5. The Bertz CT molecular complexity index is 1220. The Kier molecular flexibility index (Phi) is 7.21. The SMILES string of the molecule is COc1ccc(C2SCC(C(=O)Nc3ccc(F)cc3)N2C(=O)c2c(Cl)cccc2Cl)cc1O. The summed E-state index contributed by atoms with van der Waals surface area (Å²) in [5.74, 6) is -0.944. The Labute approximate surface area is 209 Å². The molecule has 3 aromatic rings. The Morgan fingerprint density at radius 2 is 1.79 bits per heavy atom. The van der Waals surface area contributed by atoms with E-state index in [9.17, 15) is 19.1 Å². The molecule has 4 rings (SSSR count). The van der Waals surface area contributed by atoms with Gasteiger partial charge in [0.1, 0.15) is 17.2 Å². The van der Waals surface area contributed by atoms with Crippen LogP contribution in [0.25, 0.3) is 0 Å².